The van der Waals surface area contributed by atoms with E-state index in [1.165, 1.54) is 25.3 Å². The monoisotopic (exact) mass is 374 g/mol. The van der Waals surface area contributed by atoms with Gasteiger partial charge in [0.2, 0.25) is 0 Å². The fraction of sp³-hybridized carbons (Fsp3) is 0.316. The molecule has 3 rings (SSSR count). The molecule has 8 heteroatoms. The van der Waals surface area contributed by atoms with Crippen molar-refractivity contribution in [3.8, 4) is 11.5 Å². The third kappa shape index (κ3) is 3.69. The second kappa shape index (κ2) is 7.61. The summed E-state index contributed by atoms with van der Waals surface area (Å²) in [6.45, 7) is 0.301. The summed E-state index contributed by atoms with van der Waals surface area (Å²) in [7, 11) is 3.01. The van der Waals surface area contributed by atoms with E-state index in [0.717, 1.165) is 17.8 Å². The number of hydrogen-bond donors (Lipinski definition) is 1. The minimum Gasteiger partial charge on any atom is -0.493 e. The van der Waals surface area contributed by atoms with E-state index in [9.17, 15) is 19.1 Å². The quantitative estimate of drug-likeness (QED) is 0.865. The zero-order valence-corrected chi connectivity index (χ0v) is 14.9. The minimum absolute atomic E-state index is 0.0781. The smallest absolute Gasteiger partial charge is 0.305 e. The molecule has 1 atom stereocenters. The van der Waals surface area contributed by atoms with Crippen molar-refractivity contribution in [2.24, 2.45) is 0 Å². The van der Waals surface area contributed by atoms with Gasteiger partial charge in [-0.05, 0) is 35.7 Å². The average molecular weight is 374 g/mol. The molecular weight excluding hydrogens is 355 g/mol. The van der Waals surface area contributed by atoms with Crippen LogP contribution in [0.3, 0.4) is 0 Å². The second-order valence-electron chi connectivity index (χ2n) is 6.16. The van der Waals surface area contributed by atoms with Crippen molar-refractivity contribution >= 4 is 11.9 Å². The number of carbonyl (C=O) groups excluding carboxylic acids is 1. The van der Waals surface area contributed by atoms with E-state index in [0.29, 0.717) is 30.0 Å². The molecule has 1 amide bonds. The van der Waals surface area contributed by atoms with Crippen molar-refractivity contribution in [2.75, 3.05) is 20.8 Å². The number of benzene rings is 1. The SMILES string of the molecule is COc1cc2c(cc1OC)C(CC(=O)O)N(C(=O)c1cncc(F)c1)CC2. The van der Waals surface area contributed by atoms with Gasteiger partial charge < -0.3 is 19.5 Å². The first-order valence-corrected chi connectivity index (χ1v) is 8.32. The molecule has 7 nitrogen and oxygen atoms in total. The molecule has 1 aliphatic rings. The Labute approximate surface area is 155 Å². The lowest BCUT2D eigenvalue weighted by atomic mass is 9.89. The molecule has 0 aliphatic carbocycles. The molecule has 1 aliphatic heterocycles. The number of carboxylic acids is 1. The van der Waals surface area contributed by atoms with E-state index in [1.807, 2.05) is 0 Å². The summed E-state index contributed by atoms with van der Waals surface area (Å²) in [5, 5.41) is 9.37. The molecule has 1 aromatic heterocycles. The van der Waals surface area contributed by atoms with E-state index in [4.69, 9.17) is 9.47 Å². The van der Waals surface area contributed by atoms with E-state index >= 15 is 0 Å². The number of carbonyl (C=O) groups is 2. The number of halogens is 1. The van der Waals surface area contributed by atoms with Crippen LogP contribution in [0, 0.1) is 5.82 Å². The summed E-state index contributed by atoms with van der Waals surface area (Å²) in [5.74, 6) is -1.14. The number of nitrogens with zero attached hydrogens (tertiary/aromatic N) is 2. The van der Waals surface area contributed by atoms with Crippen LogP contribution < -0.4 is 9.47 Å². The first kappa shape index (κ1) is 18.6. The van der Waals surface area contributed by atoms with Crippen molar-refractivity contribution in [1.29, 1.82) is 0 Å². The van der Waals surface area contributed by atoms with Gasteiger partial charge in [-0.15, -0.1) is 0 Å². The zero-order valence-electron chi connectivity index (χ0n) is 14.9. The molecule has 1 unspecified atom stereocenters. The highest BCUT2D eigenvalue weighted by Gasteiger charge is 2.34. The van der Waals surface area contributed by atoms with Crippen molar-refractivity contribution < 1.29 is 28.6 Å². The molecule has 0 fully saturated rings. The van der Waals surface area contributed by atoms with Crippen LogP contribution in [0.25, 0.3) is 0 Å². The third-order valence-electron chi connectivity index (χ3n) is 4.58. The Bertz CT molecular complexity index is 886. The van der Waals surface area contributed by atoms with Gasteiger partial charge >= 0.3 is 5.97 Å². The topological polar surface area (TPSA) is 89.0 Å². The van der Waals surface area contributed by atoms with Gasteiger partial charge in [-0.3, -0.25) is 14.6 Å². The Kier molecular flexibility index (Phi) is 5.25. The molecule has 2 aromatic rings. The number of carboxylic acid groups (broad SMARTS) is 1. The molecule has 0 spiro atoms. The summed E-state index contributed by atoms with van der Waals surface area (Å²) in [4.78, 5) is 29.5. The highest BCUT2D eigenvalue weighted by atomic mass is 19.1. The fourth-order valence-corrected chi connectivity index (χ4v) is 3.35. The van der Waals surface area contributed by atoms with Crippen LogP contribution in [0.2, 0.25) is 0 Å². The second-order valence-corrected chi connectivity index (χ2v) is 6.16. The maximum Gasteiger partial charge on any atom is 0.305 e. The van der Waals surface area contributed by atoms with Gasteiger partial charge in [0.05, 0.1) is 38.4 Å². The van der Waals surface area contributed by atoms with Crippen molar-refractivity contribution in [2.45, 2.75) is 18.9 Å². The Morgan fingerprint density at radius 2 is 1.93 bits per heavy atom. The first-order chi connectivity index (χ1) is 12.9. The van der Waals surface area contributed by atoms with Gasteiger partial charge in [-0.25, -0.2) is 4.39 Å². The standard InChI is InChI=1S/C19H19FN2O5/c1-26-16-6-11-3-4-22(19(25)12-5-13(20)10-21-9-12)15(8-18(23)24)14(11)7-17(16)27-2/h5-7,9-10,15H,3-4,8H2,1-2H3,(H,23,24). The molecule has 1 aromatic carbocycles. The highest BCUT2D eigenvalue weighted by molar-refractivity contribution is 5.94. The largest absolute Gasteiger partial charge is 0.493 e. The number of rotatable bonds is 5. The molecule has 0 bridgehead atoms. The van der Waals surface area contributed by atoms with Crippen molar-refractivity contribution in [1.82, 2.24) is 9.88 Å². The lowest BCUT2D eigenvalue weighted by Gasteiger charge is -2.37. The molecule has 0 saturated carbocycles. The van der Waals surface area contributed by atoms with E-state index in [1.54, 1.807) is 12.1 Å². The molecule has 0 radical (unpaired) electrons. The first-order valence-electron chi connectivity index (χ1n) is 8.32. The maximum absolute atomic E-state index is 13.5. The Hall–Kier alpha value is -3.16. The van der Waals surface area contributed by atoms with Crippen LogP contribution in [0.1, 0.15) is 33.9 Å². The van der Waals surface area contributed by atoms with Crippen molar-refractivity contribution in [3.63, 3.8) is 0 Å². The van der Waals surface area contributed by atoms with Crippen LogP contribution in [0.5, 0.6) is 11.5 Å². The van der Waals surface area contributed by atoms with Gasteiger partial charge in [0.15, 0.2) is 11.5 Å². The van der Waals surface area contributed by atoms with Crippen LogP contribution in [0.15, 0.2) is 30.6 Å². The zero-order chi connectivity index (χ0) is 19.6. The van der Waals surface area contributed by atoms with Gasteiger partial charge in [0.25, 0.3) is 5.91 Å². The summed E-state index contributed by atoms with van der Waals surface area (Å²) in [6, 6.07) is 3.89. The van der Waals surface area contributed by atoms with E-state index in [2.05, 4.69) is 4.98 Å². The number of fused-ring (bicyclic) bond motifs is 1. The molecular formula is C19H19FN2O5. The van der Waals surface area contributed by atoms with Crippen molar-refractivity contribution in [3.05, 3.63) is 53.1 Å². The number of methoxy groups -OCH3 is 2. The van der Waals surface area contributed by atoms with Gasteiger partial charge in [-0.2, -0.15) is 0 Å². The summed E-state index contributed by atoms with van der Waals surface area (Å²) in [5.41, 5.74) is 1.65. The normalized spacial score (nSPS) is 15.8. The number of amides is 1. The molecule has 1 N–H and O–H groups in total. The summed E-state index contributed by atoms with van der Waals surface area (Å²) < 4.78 is 24.1. The number of pyridine rings is 1. The summed E-state index contributed by atoms with van der Waals surface area (Å²) >= 11 is 0. The van der Waals surface area contributed by atoms with Gasteiger partial charge in [-0.1, -0.05) is 0 Å². The fourth-order valence-electron chi connectivity index (χ4n) is 3.35. The molecule has 2 heterocycles. The van der Waals surface area contributed by atoms with Crippen LogP contribution in [-0.4, -0.2) is 47.6 Å². The lowest BCUT2D eigenvalue weighted by molar-refractivity contribution is -0.138. The Balaban J connectivity index is 2.04. The molecule has 0 saturated heterocycles. The van der Waals surface area contributed by atoms with Crippen LogP contribution in [-0.2, 0) is 11.2 Å². The van der Waals surface area contributed by atoms with Gasteiger partial charge in [0, 0.05) is 12.7 Å². The predicted molar refractivity (Wildman–Crippen MR) is 93.5 cm³/mol. The van der Waals surface area contributed by atoms with E-state index in [-0.39, 0.29) is 12.0 Å². The number of aromatic nitrogens is 1. The van der Waals surface area contributed by atoms with Crippen LogP contribution in [0.4, 0.5) is 4.39 Å². The number of hydrogen-bond acceptors (Lipinski definition) is 5. The maximum atomic E-state index is 13.5. The van der Waals surface area contributed by atoms with E-state index < -0.39 is 23.7 Å². The number of ether oxygens (including phenoxy) is 2. The third-order valence-corrected chi connectivity index (χ3v) is 4.58. The van der Waals surface area contributed by atoms with Gasteiger partial charge in [0.1, 0.15) is 5.82 Å². The molecule has 27 heavy (non-hydrogen) atoms. The lowest BCUT2D eigenvalue weighted by Crippen LogP contribution is -2.41. The van der Waals surface area contributed by atoms with Crippen LogP contribution >= 0.6 is 0 Å². The predicted octanol–water partition coefficient (Wildman–Crippen LogP) is 2.45. The molecule has 142 valence electrons. The average Bonchev–Trinajstić information content (AvgIpc) is 2.66. The number of aliphatic carboxylic acids is 1. The summed E-state index contributed by atoms with van der Waals surface area (Å²) in [6.07, 6.45) is 2.51. The minimum atomic E-state index is -1.04. The Morgan fingerprint density at radius 1 is 1.22 bits per heavy atom. The highest BCUT2D eigenvalue weighted by Crippen LogP contribution is 2.40. The Morgan fingerprint density at radius 3 is 2.56 bits per heavy atom.